The number of rotatable bonds is 6. The monoisotopic (exact) mass is 436 g/mol. The lowest BCUT2D eigenvalue weighted by Gasteiger charge is -2.17. The number of amides is 2. The third-order valence-corrected chi connectivity index (χ3v) is 5.31. The van der Waals surface area contributed by atoms with E-state index in [1.807, 2.05) is 6.92 Å². The maximum absolute atomic E-state index is 13.0. The summed E-state index contributed by atoms with van der Waals surface area (Å²) in [7, 11) is 1.58. The summed E-state index contributed by atoms with van der Waals surface area (Å²) in [6.45, 7) is 3.94. The second-order valence-corrected chi connectivity index (χ2v) is 7.59. The van der Waals surface area contributed by atoms with Crippen LogP contribution >= 0.6 is 0 Å². The number of aromatic amines is 1. The number of carbonyl (C=O) groups is 2. The molecule has 1 aliphatic heterocycles. The number of ether oxygens (including phenoxy) is 1. The Hall–Kier alpha value is -3.95. The maximum Gasteiger partial charge on any atom is 0.252 e. The molecule has 1 atom stereocenters. The second kappa shape index (κ2) is 8.66. The molecule has 1 saturated heterocycles. The molecule has 2 aromatic heterocycles. The lowest BCUT2D eigenvalue weighted by atomic mass is 10.1. The third kappa shape index (κ3) is 4.25. The van der Waals surface area contributed by atoms with E-state index in [1.54, 1.807) is 49.3 Å². The Morgan fingerprint density at radius 2 is 2.00 bits per heavy atom. The predicted molar refractivity (Wildman–Crippen MR) is 118 cm³/mol. The number of hydrogen-bond acceptors (Lipinski definition) is 6. The number of nitrogens with zero attached hydrogens (tertiary/aromatic N) is 4. The molecule has 10 nitrogen and oxygen atoms in total. The minimum Gasteiger partial charge on any atom is -0.497 e. The van der Waals surface area contributed by atoms with Gasteiger partial charge in [-0.25, -0.2) is 4.98 Å². The van der Waals surface area contributed by atoms with E-state index in [2.05, 4.69) is 20.4 Å². The summed E-state index contributed by atoms with van der Waals surface area (Å²) in [6.07, 6.45) is 0.690. The molecule has 1 aromatic carbocycles. The van der Waals surface area contributed by atoms with Gasteiger partial charge < -0.3 is 15.0 Å². The van der Waals surface area contributed by atoms with Crippen molar-refractivity contribution in [3.63, 3.8) is 0 Å². The number of aromatic nitrogens is 4. The average molecular weight is 436 g/mol. The van der Waals surface area contributed by atoms with Crippen molar-refractivity contribution in [2.75, 3.05) is 23.9 Å². The normalized spacial score (nSPS) is 15.8. The van der Waals surface area contributed by atoms with Gasteiger partial charge in [-0.1, -0.05) is 6.92 Å². The van der Waals surface area contributed by atoms with Crippen molar-refractivity contribution in [1.82, 2.24) is 19.7 Å². The minimum atomic E-state index is -0.526. The van der Waals surface area contributed by atoms with E-state index < -0.39 is 5.92 Å². The largest absolute Gasteiger partial charge is 0.497 e. The highest BCUT2D eigenvalue weighted by molar-refractivity contribution is 6.03. The van der Waals surface area contributed by atoms with E-state index in [0.717, 1.165) is 0 Å². The first-order chi connectivity index (χ1) is 15.4. The van der Waals surface area contributed by atoms with E-state index in [1.165, 1.54) is 10.7 Å². The second-order valence-electron chi connectivity index (χ2n) is 7.59. The zero-order valence-electron chi connectivity index (χ0n) is 18.1. The van der Waals surface area contributed by atoms with Gasteiger partial charge in [-0.15, -0.1) is 0 Å². The van der Waals surface area contributed by atoms with E-state index in [9.17, 15) is 14.4 Å². The fraction of sp³-hybridized carbons (Fsp3) is 0.318. The Bertz CT molecular complexity index is 1210. The molecular weight excluding hydrogens is 412 g/mol. The number of anilines is 2. The molecular formula is C22H24N6O4. The number of nitrogens with one attached hydrogen (secondary N) is 2. The Morgan fingerprint density at radius 1 is 1.25 bits per heavy atom. The Kier molecular flexibility index (Phi) is 5.76. The van der Waals surface area contributed by atoms with Crippen LogP contribution in [0.4, 0.5) is 11.5 Å². The summed E-state index contributed by atoms with van der Waals surface area (Å²) in [5, 5.41) is 7.19. The number of H-pyrrole nitrogens is 1. The molecule has 2 N–H and O–H groups in total. The lowest BCUT2D eigenvalue weighted by Crippen LogP contribution is -2.28. The van der Waals surface area contributed by atoms with Crippen molar-refractivity contribution in [2.24, 2.45) is 5.92 Å². The number of hydrogen-bond donors (Lipinski definition) is 2. The molecule has 2 amide bonds. The highest BCUT2D eigenvalue weighted by Crippen LogP contribution is 2.28. The molecule has 32 heavy (non-hydrogen) atoms. The topological polar surface area (TPSA) is 122 Å². The molecule has 0 saturated carbocycles. The minimum absolute atomic E-state index is 0.103. The van der Waals surface area contributed by atoms with E-state index in [0.29, 0.717) is 35.1 Å². The molecule has 0 radical (unpaired) electrons. The van der Waals surface area contributed by atoms with Crippen LogP contribution in [0.5, 0.6) is 5.75 Å². The van der Waals surface area contributed by atoms with E-state index in [-0.39, 0.29) is 36.3 Å². The summed E-state index contributed by atoms with van der Waals surface area (Å²) in [6, 6.07) is 10.2. The van der Waals surface area contributed by atoms with Crippen LogP contribution in [0.2, 0.25) is 0 Å². The van der Waals surface area contributed by atoms with Crippen LogP contribution in [0, 0.1) is 12.8 Å². The lowest BCUT2D eigenvalue weighted by molar-refractivity contribution is -0.122. The number of carbonyl (C=O) groups excluding carboxylic acids is 2. The smallest absolute Gasteiger partial charge is 0.252 e. The van der Waals surface area contributed by atoms with Crippen LogP contribution in [-0.2, 0) is 16.0 Å². The Morgan fingerprint density at radius 3 is 2.69 bits per heavy atom. The predicted octanol–water partition coefficient (Wildman–Crippen LogP) is 1.83. The fourth-order valence-electron chi connectivity index (χ4n) is 3.65. The number of benzene rings is 1. The van der Waals surface area contributed by atoms with E-state index >= 15 is 0 Å². The highest BCUT2D eigenvalue weighted by atomic mass is 16.5. The van der Waals surface area contributed by atoms with Crippen LogP contribution in [-0.4, -0.2) is 45.2 Å². The maximum atomic E-state index is 13.0. The number of aryl methyl sites for hydroxylation is 2. The summed E-state index contributed by atoms with van der Waals surface area (Å²) < 4.78 is 6.55. The zero-order valence-corrected chi connectivity index (χ0v) is 18.1. The zero-order chi connectivity index (χ0) is 22.8. The molecule has 166 valence electrons. The van der Waals surface area contributed by atoms with E-state index in [4.69, 9.17) is 4.74 Å². The average Bonchev–Trinajstić information content (AvgIpc) is 3.35. The quantitative estimate of drug-likeness (QED) is 0.608. The third-order valence-electron chi connectivity index (χ3n) is 5.31. The highest BCUT2D eigenvalue weighted by Gasteiger charge is 2.35. The molecule has 4 rings (SSSR count). The van der Waals surface area contributed by atoms with Crippen molar-refractivity contribution < 1.29 is 14.3 Å². The first-order valence-corrected chi connectivity index (χ1v) is 10.3. The fourth-order valence-corrected chi connectivity index (χ4v) is 3.65. The molecule has 3 aromatic rings. The van der Waals surface area contributed by atoms with Gasteiger partial charge in [0, 0.05) is 36.5 Å². The van der Waals surface area contributed by atoms with Crippen molar-refractivity contribution in [3.8, 4) is 11.7 Å². The summed E-state index contributed by atoms with van der Waals surface area (Å²) in [4.78, 5) is 46.1. The summed E-state index contributed by atoms with van der Waals surface area (Å²) in [5.74, 6) is 0.338. The molecule has 3 heterocycles. The Balaban J connectivity index is 1.53. The van der Waals surface area contributed by atoms with Gasteiger partial charge >= 0.3 is 0 Å². The van der Waals surface area contributed by atoms with Gasteiger partial charge in [-0.3, -0.25) is 19.4 Å². The first kappa shape index (κ1) is 21.3. The van der Waals surface area contributed by atoms with Crippen LogP contribution in [0.15, 0.2) is 41.2 Å². The van der Waals surface area contributed by atoms with Gasteiger partial charge in [0.2, 0.25) is 17.8 Å². The SMILES string of the molecule is CCc1cc(=O)[nH]c(-n2nc(C)cc2NC(=O)[C@H]2CC(=O)N(c3ccc(OC)cc3)C2)n1. The van der Waals surface area contributed by atoms with Crippen LogP contribution in [0.25, 0.3) is 5.95 Å². The van der Waals surface area contributed by atoms with Gasteiger partial charge in [-0.05, 0) is 37.6 Å². The Labute approximate surface area is 184 Å². The van der Waals surface area contributed by atoms with Crippen molar-refractivity contribution >= 4 is 23.3 Å². The van der Waals surface area contributed by atoms with Gasteiger partial charge in [0.05, 0.1) is 18.7 Å². The molecule has 0 spiro atoms. The van der Waals surface area contributed by atoms with Crippen molar-refractivity contribution in [1.29, 1.82) is 0 Å². The molecule has 0 aliphatic carbocycles. The van der Waals surface area contributed by atoms with Gasteiger partial charge in [0.25, 0.3) is 5.56 Å². The molecule has 0 bridgehead atoms. The van der Waals surface area contributed by atoms with Gasteiger partial charge in [0.15, 0.2) is 0 Å². The molecule has 1 aliphatic rings. The standard InChI is InChI=1S/C22H24N6O4/c1-4-15-11-19(29)25-22(23-15)28-18(9-13(2)26-28)24-21(31)14-10-20(30)27(12-14)16-5-7-17(32-3)8-6-16/h5-9,11,14H,4,10,12H2,1-3H3,(H,24,31)(H,23,25,29)/t14-/m0/s1. The number of methoxy groups -OCH3 is 1. The molecule has 0 unspecified atom stereocenters. The molecule has 1 fully saturated rings. The van der Waals surface area contributed by atoms with Crippen LogP contribution in [0.3, 0.4) is 0 Å². The van der Waals surface area contributed by atoms with Crippen molar-refractivity contribution in [3.05, 3.63) is 58.1 Å². The molecule has 10 heteroatoms. The van der Waals surface area contributed by atoms with Gasteiger partial charge in [0.1, 0.15) is 11.6 Å². The van der Waals surface area contributed by atoms with Crippen LogP contribution in [0.1, 0.15) is 24.7 Å². The van der Waals surface area contributed by atoms with Crippen LogP contribution < -0.4 is 20.5 Å². The van der Waals surface area contributed by atoms with Crippen molar-refractivity contribution in [2.45, 2.75) is 26.7 Å². The summed E-state index contributed by atoms with van der Waals surface area (Å²) in [5.41, 5.74) is 1.68. The van der Waals surface area contributed by atoms with Gasteiger partial charge in [-0.2, -0.15) is 9.78 Å². The summed E-state index contributed by atoms with van der Waals surface area (Å²) >= 11 is 0. The first-order valence-electron chi connectivity index (χ1n) is 10.3.